The van der Waals surface area contributed by atoms with E-state index in [0.717, 1.165) is 72.0 Å². The van der Waals surface area contributed by atoms with Gasteiger partial charge in [0.15, 0.2) is 0 Å². The molecule has 2 saturated heterocycles. The van der Waals surface area contributed by atoms with Crippen molar-refractivity contribution in [3.8, 4) is 28.1 Å². The number of carboxylic acid groups (broad SMARTS) is 1. The number of benzene rings is 1. The lowest BCUT2D eigenvalue weighted by molar-refractivity contribution is -0.0175. The van der Waals surface area contributed by atoms with Gasteiger partial charge in [-0.2, -0.15) is 10.1 Å². The Kier molecular flexibility index (Phi) is 7.57. The van der Waals surface area contributed by atoms with E-state index in [1.807, 2.05) is 23.1 Å². The molecule has 2 N–H and O–H groups in total. The van der Waals surface area contributed by atoms with Crippen molar-refractivity contribution in [1.29, 1.82) is 0 Å². The van der Waals surface area contributed by atoms with Crippen molar-refractivity contribution < 1.29 is 19.4 Å². The molecule has 230 valence electrons. The van der Waals surface area contributed by atoms with Crippen LogP contribution in [0.15, 0.2) is 42.7 Å². The molecule has 10 heteroatoms. The summed E-state index contributed by atoms with van der Waals surface area (Å²) in [7, 11) is -1.11. The molecule has 3 atom stereocenters. The van der Waals surface area contributed by atoms with E-state index in [9.17, 15) is 9.90 Å². The Morgan fingerprint density at radius 1 is 1.19 bits per heavy atom. The van der Waals surface area contributed by atoms with Crippen LogP contribution in [-0.2, 0) is 18.1 Å². The average molecular weight is 604 g/mol. The molecule has 3 aliphatic heterocycles. The number of pyridine rings is 1. The van der Waals surface area contributed by atoms with Gasteiger partial charge in [-0.1, -0.05) is 52.5 Å². The molecule has 43 heavy (non-hydrogen) atoms. The van der Waals surface area contributed by atoms with Crippen LogP contribution in [0.5, 0.6) is 5.88 Å². The third-order valence-electron chi connectivity index (χ3n) is 9.62. The van der Waals surface area contributed by atoms with Gasteiger partial charge in [0.25, 0.3) is 0 Å². The number of nitrogens with one attached hydrogen (secondary N) is 1. The van der Waals surface area contributed by atoms with Crippen molar-refractivity contribution in [1.82, 2.24) is 19.7 Å². The zero-order valence-electron chi connectivity index (χ0n) is 26.3. The summed E-state index contributed by atoms with van der Waals surface area (Å²) in [5.41, 5.74) is 4.85. The molecule has 0 aliphatic carbocycles. The third-order valence-corrected chi connectivity index (χ3v) is 11.3. The number of amides is 1. The summed E-state index contributed by atoms with van der Waals surface area (Å²) in [6.45, 7) is 15.2. The number of piperidine rings is 1. The van der Waals surface area contributed by atoms with Gasteiger partial charge in [0.05, 0.1) is 11.7 Å². The lowest BCUT2D eigenvalue weighted by Crippen LogP contribution is -2.63. The number of aromatic nitrogens is 3. The normalized spacial score (nSPS) is 23.0. The maximum atomic E-state index is 12.2. The van der Waals surface area contributed by atoms with Crippen LogP contribution in [0.25, 0.3) is 22.3 Å². The molecule has 2 fully saturated rings. The fourth-order valence-corrected chi connectivity index (χ4v) is 7.96. The number of anilines is 1. The monoisotopic (exact) mass is 603 g/mol. The van der Waals surface area contributed by atoms with Crippen LogP contribution >= 0.6 is 0 Å². The highest BCUT2D eigenvalue weighted by atomic mass is 28.3. The smallest absolute Gasteiger partial charge is 0.408 e. The second kappa shape index (κ2) is 11.0. The maximum Gasteiger partial charge on any atom is 0.408 e. The minimum Gasteiger partial charge on any atom is -0.472 e. The van der Waals surface area contributed by atoms with Crippen molar-refractivity contribution in [2.24, 2.45) is 5.41 Å². The molecule has 1 aromatic carbocycles. The second-order valence-corrected chi connectivity index (χ2v) is 20.4. The van der Waals surface area contributed by atoms with Crippen molar-refractivity contribution in [3.63, 3.8) is 0 Å². The summed E-state index contributed by atoms with van der Waals surface area (Å²) < 4.78 is 13.9. The maximum absolute atomic E-state index is 12.2. The van der Waals surface area contributed by atoms with Gasteiger partial charge in [-0.15, -0.1) is 0 Å². The summed E-state index contributed by atoms with van der Waals surface area (Å²) in [5.74, 6) is 1.40. The number of hydrogen-bond acceptors (Lipinski definition) is 6. The highest BCUT2D eigenvalue weighted by Gasteiger charge is 2.59. The van der Waals surface area contributed by atoms with Gasteiger partial charge < -0.3 is 19.9 Å². The lowest BCUT2D eigenvalue weighted by atomic mass is 9.67. The molecule has 9 nitrogen and oxygen atoms in total. The first-order valence-electron chi connectivity index (χ1n) is 15.5. The molecule has 2 bridgehead atoms. The van der Waals surface area contributed by atoms with Crippen LogP contribution in [-0.4, -0.2) is 63.2 Å². The van der Waals surface area contributed by atoms with Crippen LogP contribution in [0.2, 0.25) is 25.7 Å². The molecule has 3 unspecified atom stereocenters. The number of hydrogen-bond donors (Lipinski definition) is 2. The summed E-state index contributed by atoms with van der Waals surface area (Å²) in [6.07, 6.45) is 6.49. The first-order valence-corrected chi connectivity index (χ1v) is 19.2. The van der Waals surface area contributed by atoms with Gasteiger partial charge in [0.1, 0.15) is 19.2 Å². The van der Waals surface area contributed by atoms with E-state index in [0.29, 0.717) is 19.2 Å². The SMILES string of the molecule is CC(C)(C)C12CCC(CC(Nc3ccc4c(n3)OCc3cc(-c5cnn(COCC[Si](C)(C)C)c5)ccc3-4)C1)N2C(=O)O. The Labute approximate surface area is 255 Å². The zero-order chi connectivity index (χ0) is 30.6. The van der Waals surface area contributed by atoms with Crippen LogP contribution in [0, 0.1) is 5.41 Å². The zero-order valence-corrected chi connectivity index (χ0v) is 27.3. The molecule has 3 aromatic rings. The largest absolute Gasteiger partial charge is 0.472 e. The first-order chi connectivity index (χ1) is 20.3. The molecule has 5 heterocycles. The van der Waals surface area contributed by atoms with E-state index in [-0.39, 0.29) is 23.0 Å². The Morgan fingerprint density at radius 2 is 1.98 bits per heavy atom. The Balaban J connectivity index is 1.14. The quantitative estimate of drug-likeness (QED) is 0.205. The standard InChI is InChI=1S/C33H45N5O4Si/c1-32(2,3)33-12-11-26(38(33)31(39)40)16-25(17-33)35-29-10-9-28-27-8-7-22(15-23(27)20-42-30(28)36-29)24-18-34-37(19-24)21-41-13-14-43(4,5)6/h7-10,15,18-19,25-26H,11-14,16-17,20-21H2,1-6H3,(H,35,36)(H,39,40). The minimum absolute atomic E-state index is 0.0347. The van der Waals surface area contributed by atoms with Crippen molar-refractivity contribution in [2.45, 2.75) is 103 Å². The molecule has 0 spiro atoms. The fraction of sp³-hybridized carbons (Fsp3) is 0.545. The van der Waals surface area contributed by atoms with Crippen LogP contribution < -0.4 is 10.1 Å². The molecule has 3 aliphatic rings. The fourth-order valence-electron chi connectivity index (χ4n) is 7.21. The number of ether oxygens (including phenoxy) is 2. The van der Waals surface area contributed by atoms with Gasteiger partial charge >= 0.3 is 6.09 Å². The summed E-state index contributed by atoms with van der Waals surface area (Å²) in [4.78, 5) is 18.9. The molecule has 6 rings (SSSR count). The number of fused-ring (bicyclic) bond motifs is 5. The number of carbonyl (C=O) groups is 1. The Hall–Kier alpha value is -3.37. The molecule has 2 aromatic heterocycles. The van der Waals surface area contributed by atoms with Crippen molar-refractivity contribution in [2.75, 3.05) is 11.9 Å². The molecule has 0 saturated carbocycles. The van der Waals surface area contributed by atoms with Gasteiger partial charge in [0.2, 0.25) is 5.88 Å². The Bertz CT molecular complexity index is 1510. The van der Waals surface area contributed by atoms with Crippen molar-refractivity contribution in [3.05, 3.63) is 48.3 Å². The molecular formula is C33H45N5O4Si. The average Bonchev–Trinajstić information content (AvgIpc) is 3.51. The van der Waals surface area contributed by atoms with Gasteiger partial charge in [-0.05, 0) is 72.0 Å². The predicted octanol–water partition coefficient (Wildman–Crippen LogP) is 7.32. The summed E-state index contributed by atoms with van der Waals surface area (Å²) in [5, 5.41) is 18.2. The van der Waals surface area contributed by atoms with E-state index >= 15 is 0 Å². The van der Waals surface area contributed by atoms with Crippen LogP contribution in [0.3, 0.4) is 0 Å². The second-order valence-electron chi connectivity index (χ2n) is 14.7. The topological polar surface area (TPSA) is 102 Å². The lowest BCUT2D eigenvalue weighted by Gasteiger charge is -2.53. The van der Waals surface area contributed by atoms with E-state index < -0.39 is 14.2 Å². The summed E-state index contributed by atoms with van der Waals surface area (Å²) >= 11 is 0. The van der Waals surface area contributed by atoms with E-state index in [2.05, 4.69) is 75.1 Å². The summed E-state index contributed by atoms with van der Waals surface area (Å²) in [6, 6.07) is 11.9. The van der Waals surface area contributed by atoms with Gasteiger partial charge in [0, 0.05) is 44.1 Å². The minimum atomic E-state index is -1.11. The van der Waals surface area contributed by atoms with E-state index in [1.54, 1.807) is 4.90 Å². The van der Waals surface area contributed by atoms with Gasteiger partial charge in [-0.25, -0.2) is 9.48 Å². The predicted molar refractivity (Wildman–Crippen MR) is 171 cm³/mol. The van der Waals surface area contributed by atoms with Crippen LogP contribution in [0.1, 0.15) is 52.0 Å². The van der Waals surface area contributed by atoms with Gasteiger partial charge in [-0.3, -0.25) is 4.90 Å². The van der Waals surface area contributed by atoms with Crippen LogP contribution in [0.4, 0.5) is 10.6 Å². The molecule has 1 amide bonds. The first kappa shape index (κ1) is 29.7. The highest BCUT2D eigenvalue weighted by Crippen LogP contribution is 2.53. The third kappa shape index (κ3) is 5.79. The number of rotatable bonds is 8. The van der Waals surface area contributed by atoms with Crippen molar-refractivity contribution >= 4 is 20.0 Å². The molecule has 0 radical (unpaired) electrons. The molecular weight excluding hydrogens is 558 g/mol. The van der Waals surface area contributed by atoms with E-state index in [4.69, 9.17) is 14.5 Å². The number of nitrogens with zero attached hydrogens (tertiary/aromatic N) is 4. The van der Waals surface area contributed by atoms with E-state index in [1.165, 1.54) is 0 Å². The highest BCUT2D eigenvalue weighted by molar-refractivity contribution is 6.76. The Morgan fingerprint density at radius 3 is 2.72 bits per heavy atom.